The van der Waals surface area contributed by atoms with Gasteiger partial charge < -0.3 is 0 Å². The molecule has 0 aliphatic rings. The van der Waals surface area contributed by atoms with Gasteiger partial charge in [-0.25, -0.2) is 17.8 Å². The minimum atomic E-state index is -5.29. The first-order valence-corrected chi connectivity index (χ1v) is 11.9. The molecule has 3 rings (SSSR count). The van der Waals surface area contributed by atoms with E-state index in [1.54, 1.807) is 0 Å². The molecule has 0 atom stereocenters. The summed E-state index contributed by atoms with van der Waals surface area (Å²) >= 11 is 14.6. The molecular formula is C18H9BrCl2F6N4O3S. The van der Waals surface area contributed by atoms with Crippen LogP contribution in [0.2, 0.25) is 10.0 Å². The lowest BCUT2D eigenvalue weighted by atomic mass is 10.2. The maximum absolute atomic E-state index is 13.9. The first-order valence-electron chi connectivity index (χ1n) is 8.86. The van der Waals surface area contributed by atoms with Gasteiger partial charge in [-0.3, -0.25) is 4.79 Å². The van der Waals surface area contributed by atoms with E-state index in [9.17, 15) is 39.6 Å². The van der Waals surface area contributed by atoms with Crippen molar-refractivity contribution in [2.24, 2.45) is 0 Å². The number of sulfonamides is 1. The van der Waals surface area contributed by atoms with Crippen molar-refractivity contribution in [1.29, 1.82) is 0 Å². The zero-order chi connectivity index (χ0) is 26.5. The molecule has 3 aromatic rings. The van der Waals surface area contributed by atoms with Crippen molar-refractivity contribution < 1.29 is 39.6 Å². The maximum atomic E-state index is 13.9. The predicted molar refractivity (Wildman–Crippen MR) is 115 cm³/mol. The maximum Gasteiger partial charge on any atom is 0.435 e. The van der Waals surface area contributed by atoms with Gasteiger partial charge in [0.05, 0.1) is 16.3 Å². The van der Waals surface area contributed by atoms with Crippen molar-refractivity contribution in [3.8, 4) is 5.69 Å². The number of nitrogens with one attached hydrogen (secondary N) is 1. The fourth-order valence-electron chi connectivity index (χ4n) is 2.92. The smallest absolute Gasteiger partial charge is 0.266 e. The fourth-order valence-corrected chi connectivity index (χ4v) is 5.54. The average Bonchev–Trinajstić information content (AvgIpc) is 3.11. The first-order chi connectivity index (χ1) is 15.9. The van der Waals surface area contributed by atoms with E-state index in [0.717, 1.165) is 12.1 Å². The van der Waals surface area contributed by atoms with Crippen LogP contribution in [0.15, 0.2) is 39.7 Å². The Morgan fingerprint density at radius 2 is 1.69 bits per heavy atom. The Morgan fingerprint density at radius 1 is 1.06 bits per heavy atom. The lowest BCUT2D eigenvalue weighted by molar-refractivity contribution is -0.143. The third-order valence-electron chi connectivity index (χ3n) is 4.36. The molecule has 0 saturated heterocycles. The Balaban J connectivity index is 2.11. The molecule has 0 aliphatic heterocycles. The van der Waals surface area contributed by atoms with Gasteiger partial charge in [0, 0.05) is 9.50 Å². The number of benzene rings is 2. The molecule has 188 valence electrons. The van der Waals surface area contributed by atoms with E-state index in [1.165, 1.54) is 17.7 Å². The molecule has 1 heterocycles. The summed E-state index contributed by atoms with van der Waals surface area (Å²) < 4.78 is 107. The highest BCUT2D eigenvalue weighted by Crippen LogP contribution is 2.37. The van der Waals surface area contributed by atoms with Crippen molar-refractivity contribution in [3.05, 3.63) is 67.4 Å². The summed E-state index contributed by atoms with van der Waals surface area (Å²) in [6.45, 7) is 1.35. The molecule has 2 aromatic carbocycles. The second kappa shape index (κ2) is 9.26. The summed E-state index contributed by atoms with van der Waals surface area (Å²) in [7, 11) is -5.09. The minimum Gasteiger partial charge on any atom is -0.266 e. The number of halogens is 9. The van der Waals surface area contributed by atoms with Crippen molar-refractivity contribution in [1.82, 2.24) is 19.7 Å². The SMILES string of the molecule is Cc1cc(Cl)cc(Cl)c1-n1nnc(C(=O)NS(=O)(=O)c2cc(C(F)(F)F)ccc2Br)c1C(F)(F)F. The minimum absolute atomic E-state index is 0.0978. The Morgan fingerprint density at radius 3 is 2.23 bits per heavy atom. The number of nitrogens with zero attached hydrogens (tertiary/aromatic N) is 3. The van der Waals surface area contributed by atoms with Gasteiger partial charge in [-0.2, -0.15) is 26.3 Å². The molecule has 7 nitrogen and oxygen atoms in total. The molecule has 0 fully saturated rings. The molecule has 0 aliphatic carbocycles. The van der Waals surface area contributed by atoms with E-state index in [2.05, 4.69) is 26.2 Å². The number of alkyl halides is 6. The summed E-state index contributed by atoms with van der Waals surface area (Å²) in [5, 5.41) is 6.27. The highest BCUT2D eigenvalue weighted by molar-refractivity contribution is 9.10. The molecule has 1 amide bonds. The number of hydrogen-bond acceptors (Lipinski definition) is 5. The molecule has 17 heteroatoms. The van der Waals surface area contributed by atoms with Crippen LogP contribution in [-0.2, 0) is 22.4 Å². The molecule has 0 unspecified atom stereocenters. The van der Waals surface area contributed by atoms with Crippen LogP contribution in [0, 0.1) is 6.92 Å². The van der Waals surface area contributed by atoms with Gasteiger partial charge >= 0.3 is 12.4 Å². The van der Waals surface area contributed by atoms with E-state index < -0.39 is 50.1 Å². The third kappa shape index (κ3) is 5.57. The molecule has 35 heavy (non-hydrogen) atoms. The highest BCUT2D eigenvalue weighted by Gasteiger charge is 2.43. The summed E-state index contributed by atoms with van der Waals surface area (Å²) in [6.07, 6.45) is -10.2. The van der Waals surface area contributed by atoms with Gasteiger partial charge in [0.1, 0.15) is 4.90 Å². The second-order valence-electron chi connectivity index (χ2n) is 6.83. The van der Waals surface area contributed by atoms with Crippen LogP contribution in [0.1, 0.15) is 27.3 Å². The fraction of sp³-hybridized carbons (Fsp3) is 0.167. The molecule has 0 spiro atoms. The Bertz CT molecular complexity index is 1420. The Hall–Kier alpha value is -2.36. The van der Waals surface area contributed by atoms with Crippen LogP contribution in [-0.4, -0.2) is 29.3 Å². The van der Waals surface area contributed by atoms with Crippen molar-refractivity contribution in [3.63, 3.8) is 0 Å². The van der Waals surface area contributed by atoms with Gasteiger partial charge in [0.25, 0.3) is 15.9 Å². The largest absolute Gasteiger partial charge is 0.435 e. The van der Waals surface area contributed by atoms with E-state index in [-0.39, 0.29) is 36.5 Å². The number of rotatable bonds is 4. The topological polar surface area (TPSA) is 93.9 Å². The quantitative estimate of drug-likeness (QED) is 0.370. The number of hydrogen-bond donors (Lipinski definition) is 1. The lowest BCUT2D eigenvalue weighted by Gasteiger charge is -2.15. The summed E-state index contributed by atoms with van der Waals surface area (Å²) in [5.41, 5.74) is -4.83. The highest BCUT2D eigenvalue weighted by atomic mass is 79.9. The van der Waals surface area contributed by atoms with Crippen LogP contribution in [0.5, 0.6) is 0 Å². The average molecular weight is 626 g/mol. The monoisotopic (exact) mass is 624 g/mol. The van der Waals surface area contributed by atoms with Crippen molar-refractivity contribution in [2.45, 2.75) is 24.2 Å². The van der Waals surface area contributed by atoms with Gasteiger partial charge in [-0.1, -0.05) is 28.4 Å². The Kier molecular flexibility index (Phi) is 7.20. The van der Waals surface area contributed by atoms with Crippen LogP contribution in [0.4, 0.5) is 26.3 Å². The molecule has 0 radical (unpaired) electrons. The number of aryl methyl sites for hydroxylation is 1. The number of aromatic nitrogens is 3. The standard InChI is InChI=1S/C18H9BrCl2F6N4O3S/c1-7-4-9(20)6-11(21)14(7)31-15(18(25,26)27)13(28-30-31)16(32)29-35(33,34)12-5-8(17(22,23)24)2-3-10(12)19/h2-6H,1H3,(H,29,32). The van der Waals surface area contributed by atoms with Crippen LogP contribution in [0.3, 0.4) is 0 Å². The van der Waals surface area contributed by atoms with Crippen molar-refractivity contribution >= 4 is 55.1 Å². The van der Waals surface area contributed by atoms with Gasteiger partial charge in [0.15, 0.2) is 11.4 Å². The van der Waals surface area contributed by atoms with Gasteiger partial charge in [0.2, 0.25) is 0 Å². The van der Waals surface area contributed by atoms with Crippen LogP contribution >= 0.6 is 39.1 Å². The van der Waals surface area contributed by atoms with E-state index in [0.29, 0.717) is 6.07 Å². The molecular weight excluding hydrogens is 617 g/mol. The summed E-state index contributed by atoms with van der Waals surface area (Å²) in [4.78, 5) is 11.5. The predicted octanol–water partition coefficient (Wildman–Crippen LogP) is 5.80. The Labute approximate surface area is 211 Å². The summed E-state index contributed by atoms with van der Waals surface area (Å²) in [6, 6.07) is 3.90. The van der Waals surface area contributed by atoms with Gasteiger partial charge in [-0.05, 0) is 58.7 Å². The van der Waals surface area contributed by atoms with E-state index in [4.69, 9.17) is 23.2 Å². The molecule has 1 aromatic heterocycles. The zero-order valence-electron chi connectivity index (χ0n) is 16.8. The molecule has 0 saturated carbocycles. The van der Waals surface area contributed by atoms with Gasteiger partial charge in [-0.15, -0.1) is 5.10 Å². The normalized spacial score (nSPS) is 12.6. The molecule has 1 N–H and O–H groups in total. The van der Waals surface area contributed by atoms with E-state index in [1.807, 2.05) is 0 Å². The number of carbonyl (C=O) groups is 1. The number of amides is 1. The lowest BCUT2D eigenvalue weighted by Crippen LogP contribution is -2.33. The summed E-state index contributed by atoms with van der Waals surface area (Å²) in [5.74, 6) is -1.89. The number of carbonyl (C=O) groups excluding carboxylic acids is 1. The van der Waals surface area contributed by atoms with Crippen LogP contribution in [0.25, 0.3) is 5.69 Å². The van der Waals surface area contributed by atoms with Crippen LogP contribution < -0.4 is 4.72 Å². The second-order valence-corrected chi connectivity index (χ2v) is 10.2. The molecule has 0 bridgehead atoms. The van der Waals surface area contributed by atoms with Crippen molar-refractivity contribution in [2.75, 3.05) is 0 Å². The third-order valence-corrected chi connectivity index (χ3v) is 7.19. The zero-order valence-corrected chi connectivity index (χ0v) is 20.7. The first kappa shape index (κ1) is 27.2. The van der Waals surface area contributed by atoms with E-state index >= 15 is 0 Å².